The Morgan fingerprint density at radius 1 is 0.923 bits per heavy atom. The second kappa shape index (κ2) is 8.20. The van der Waals surface area contributed by atoms with Gasteiger partial charge in [-0.15, -0.1) is 0 Å². The Kier molecular flexibility index (Phi) is 5.04. The first-order valence-electron chi connectivity index (χ1n) is 13.6. The summed E-state index contributed by atoms with van der Waals surface area (Å²) in [4.78, 5) is 49.1. The number of imide groups is 1. The Bertz CT molecular complexity index is 1750. The molecule has 196 valence electrons. The van der Waals surface area contributed by atoms with E-state index in [9.17, 15) is 14.4 Å². The number of carbonyl (C=O) groups is 2. The van der Waals surface area contributed by atoms with Gasteiger partial charge >= 0.3 is 0 Å². The number of nitrogens with one attached hydrogen (secondary N) is 1. The molecule has 0 unspecified atom stereocenters. The molecule has 1 aromatic heterocycles. The van der Waals surface area contributed by atoms with Crippen LogP contribution in [0.3, 0.4) is 0 Å². The van der Waals surface area contributed by atoms with Crippen molar-refractivity contribution in [2.24, 2.45) is 17.8 Å². The molecular formula is C32H30N4O3. The molecule has 0 bridgehead atoms. The second-order valence-corrected chi connectivity index (χ2v) is 11.7. The number of aromatic nitrogens is 2. The molecule has 7 nitrogen and oxygen atoms in total. The Morgan fingerprint density at radius 3 is 2.36 bits per heavy atom. The first kappa shape index (κ1) is 24.0. The third kappa shape index (κ3) is 3.13. The average Bonchev–Trinajstić information content (AvgIpc) is 3.46. The van der Waals surface area contributed by atoms with Crippen LogP contribution in [0.1, 0.15) is 42.8 Å². The van der Waals surface area contributed by atoms with Crippen LogP contribution in [-0.2, 0) is 15.1 Å². The molecule has 0 aliphatic carbocycles. The third-order valence-electron chi connectivity index (χ3n) is 8.55. The molecule has 39 heavy (non-hydrogen) atoms. The summed E-state index contributed by atoms with van der Waals surface area (Å²) in [5.74, 6) is -0.985. The van der Waals surface area contributed by atoms with Gasteiger partial charge in [-0.1, -0.05) is 50.2 Å². The van der Waals surface area contributed by atoms with Gasteiger partial charge in [0.05, 0.1) is 34.1 Å². The Hall–Kier alpha value is -4.10. The van der Waals surface area contributed by atoms with E-state index in [4.69, 9.17) is 4.98 Å². The first-order chi connectivity index (χ1) is 18.7. The maximum Gasteiger partial charge on any atom is 0.266 e. The highest BCUT2D eigenvalue weighted by Crippen LogP contribution is 2.56. The van der Waals surface area contributed by atoms with Crippen LogP contribution in [0.5, 0.6) is 0 Å². The molecule has 4 aromatic rings. The molecule has 2 fully saturated rings. The fourth-order valence-electron chi connectivity index (χ4n) is 7.26. The van der Waals surface area contributed by atoms with Crippen LogP contribution in [0.25, 0.3) is 16.6 Å². The summed E-state index contributed by atoms with van der Waals surface area (Å²) >= 11 is 0. The molecule has 4 atom stereocenters. The lowest BCUT2D eigenvalue weighted by Gasteiger charge is -2.32. The van der Waals surface area contributed by atoms with Crippen LogP contribution < -0.4 is 15.8 Å². The molecular weight excluding hydrogens is 488 g/mol. The van der Waals surface area contributed by atoms with E-state index >= 15 is 0 Å². The first-order valence-corrected chi connectivity index (χ1v) is 13.6. The van der Waals surface area contributed by atoms with Gasteiger partial charge < -0.3 is 0 Å². The molecule has 2 saturated heterocycles. The smallest absolute Gasteiger partial charge is 0.266 e. The summed E-state index contributed by atoms with van der Waals surface area (Å²) in [6.45, 7) is 8.19. The van der Waals surface area contributed by atoms with E-state index in [1.807, 2.05) is 74.5 Å². The number of anilines is 1. The van der Waals surface area contributed by atoms with Gasteiger partial charge in [0.2, 0.25) is 11.8 Å². The summed E-state index contributed by atoms with van der Waals surface area (Å²) in [6.07, 6.45) is 0.711. The number of aryl methyl sites for hydroxylation is 2. The summed E-state index contributed by atoms with van der Waals surface area (Å²) in [6, 6.07) is 20.6. The third-order valence-corrected chi connectivity index (χ3v) is 8.55. The molecule has 2 amide bonds. The van der Waals surface area contributed by atoms with Crippen LogP contribution in [0.2, 0.25) is 0 Å². The maximum atomic E-state index is 14.5. The zero-order valence-corrected chi connectivity index (χ0v) is 22.4. The van der Waals surface area contributed by atoms with E-state index in [1.54, 1.807) is 10.6 Å². The van der Waals surface area contributed by atoms with Crippen molar-refractivity contribution in [3.63, 3.8) is 0 Å². The van der Waals surface area contributed by atoms with E-state index in [2.05, 4.69) is 19.2 Å². The highest BCUT2D eigenvalue weighted by molar-refractivity contribution is 6.23. The Balaban J connectivity index is 1.52. The lowest BCUT2D eigenvalue weighted by molar-refractivity contribution is -0.123. The topological polar surface area (TPSA) is 84.3 Å². The zero-order chi connectivity index (χ0) is 27.2. The van der Waals surface area contributed by atoms with Crippen LogP contribution in [-0.4, -0.2) is 27.4 Å². The minimum atomic E-state index is -1.11. The minimum absolute atomic E-state index is 0.173. The summed E-state index contributed by atoms with van der Waals surface area (Å²) in [5, 5.41) is 4.29. The molecule has 3 aliphatic heterocycles. The summed E-state index contributed by atoms with van der Waals surface area (Å²) < 4.78 is 1.65. The van der Waals surface area contributed by atoms with Crippen molar-refractivity contribution in [1.29, 1.82) is 0 Å². The normalized spacial score (nSPS) is 25.2. The van der Waals surface area contributed by atoms with Crippen molar-refractivity contribution in [3.05, 3.63) is 99.6 Å². The lowest BCUT2D eigenvalue weighted by atomic mass is 9.75. The zero-order valence-electron chi connectivity index (χ0n) is 22.4. The SMILES string of the molecule is Cc1cc(C)cc(N2C(=O)[C@H]3[C@@H](CC(C)C)N[C@]4(c5ccccc5-n5c4nc4ccccc4c5=O)[C@H]3C2=O)c1. The van der Waals surface area contributed by atoms with Crippen molar-refractivity contribution >= 4 is 28.4 Å². The fraction of sp³-hybridized carbons (Fsp3) is 0.312. The van der Waals surface area contributed by atoms with Gasteiger partial charge in [-0.2, -0.15) is 0 Å². The van der Waals surface area contributed by atoms with E-state index in [0.717, 1.165) is 16.7 Å². The monoisotopic (exact) mass is 518 g/mol. The van der Waals surface area contributed by atoms with Gasteiger partial charge in [-0.05, 0) is 67.6 Å². The molecule has 1 N–H and O–H groups in total. The maximum absolute atomic E-state index is 14.5. The van der Waals surface area contributed by atoms with Gasteiger partial charge in [-0.25, -0.2) is 9.88 Å². The average molecular weight is 519 g/mol. The predicted octanol–water partition coefficient (Wildman–Crippen LogP) is 4.38. The van der Waals surface area contributed by atoms with Crippen molar-refractivity contribution in [2.75, 3.05) is 4.90 Å². The highest BCUT2D eigenvalue weighted by Gasteiger charge is 2.69. The van der Waals surface area contributed by atoms with Crippen LogP contribution in [0.4, 0.5) is 5.69 Å². The van der Waals surface area contributed by atoms with Gasteiger partial charge in [-0.3, -0.25) is 24.3 Å². The second-order valence-electron chi connectivity index (χ2n) is 11.7. The number of fused-ring (bicyclic) bond motifs is 8. The van der Waals surface area contributed by atoms with Gasteiger partial charge in [0, 0.05) is 11.6 Å². The lowest BCUT2D eigenvalue weighted by Crippen LogP contribution is -2.50. The van der Waals surface area contributed by atoms with Crippen molar-refractivity contribution < 1.29 is 9.59 Å². The van der Waals surface area contributed by atoms with Gasteiger partial charge in [0.15, 0.2) is 0 Å². The number of rotatable bonds is 3. The van der Waals surface area contributed by atoms with Crippen molar-refractivity contribution in [3.8, 4) is 5.69 Å². The fourth-order valence-corrected chi connectivity index (χ4v) is 7.26. The van der Waals surface area contributed by atoms with E-state index in [0.29, 0.717) is 40.4 Å². The molecule has 1 spiro atoms. The molecule has 0 radical (unpaired) electrons. The Labute approximate surface area is 226 Å². The molecule has 0 saturated carbocycles. The predicted molar refractivity (Wildman–Crippen MR) is 150 cm³/mol. The van der Waals surface area contributed by atoms with E-state index < -0.39 is 17.4 Å². The highest BCUT2D eigenvalue weighted by atomic mass is 16.2. The standard InChI is InChI=1S/C32H30N4O3/c1-17(2)13-24-26-27(30(39)35(29(26)38)20-15-18(3)14-19(4)16-20)32(34-24)22-10-6-8-12-25(22)36-28(37)21-9-5-7-11-23(21)33-31(32)36/h5-12,14-17,24,26-27,34H,13H2,1-4H3/t24-,26+,27-,32-/m1/s1. The molecule has 3 aliphatic rings. The number of nitrogens with zero attached hydrogens (tertiary/aromatic N) is 3. The molecule has 7 heteroatoms. The van der Waals surface area contributed by atoms with Crippen LogP contribution >= 0.6 is 0 Å². The van der Waals surface area contributed by atoms with Crippen molar-refractivity contribution in [1.82, 2.24) is 14.9 Å². The molecule has 4 heterocycles. The number of para-hydroxylation sites is 2. The van der Waals surface area contributed by atoms with Crippen LogP contribution in [0.15, 0.2) is 71.5 Å². The summed E-state index contributed by atoms with van der Waals surface area (Å²) in [5.41, 5.74) is 3.40. The number of carbonyl (C=O) groups excluding carboxylic acids is 2. The quantitative estimate of drug-likeness (QED) is 0.407. The van der Waals surface area contributed by atoms with E-state index in [-0.39, 0.29) is 23.4 Å². The number of benzene rings is 3. The molecule has 3 aromatic carbocycles. The number of hydrogen-bond donors (Lipinski definition) is 1. The Morgan fingerprint density at radius 2 is 1.62 bits per heavy atom. The minimum Gasteiger partial charge on any atom is -0.297 e. The van der Waals surface area contributed by atoms with Crippen LogP contribution in [0, 0.1) is 31.6 Å². The number of hydrogen-bond acceptors (Lipinski definition) is 5. The van der Waals surface area contributed by atoms with Gasteiger partial charge in [0.25, 0.3) is 5.56 Å². The molecule has 7 rings (SSSR count). The summed E-state index contributed by atoms with van der Waals surface area (Å²) in [7, 11) is 0. The van der Waals surface area contributed by atoms with Gasteiger partial charge in [0.1, 0.15) is 11.4 Å². The largest absolute Gasteiger partial charge is 0.297 e. The van der Waals surface area contributed by atoms with Crippen molar-refractivity contribution in [2.45, 2.75) is 45.7 Å². The number of amides is 2. The van der Waals surface area contributed by atoms with E-state index in [1.165, 1.54) is 4.90 Å².